The van der Waals surface area contributed by atoms with Gasteiger partial charge in [-0.25, -0.2) is 0 Å². The van der Waals surface area contributed by atoms with Gasteiger partial charge in [0.2, 0.25) is 0 Å². The molecule has 0 spiro atoms. The van der Waals surface area contributed by atoms with E-state index in [1.807, 2.05) is 27.7 Å². The van der Waals surface area contributed by atoms with E-state index in [4.69, 9.17) is 18.9 Å². The molecule has 3 aliphatic rings. The Labute approximate surface area is 218 Å². The zero-order valence-corrected chi connectivity index (χ0v) is 23.1. The molecule has 9 nitrogen and oxygen atoms in total. The first kappa shape index (κ1) is 28.9. The third kappa shape index (κ3) is 5.47. The molecule has 2 bridgehead atoms. The molecular formula is C28H40O9. The van der Waals surface area contributed by atoms with E-state index in [0.29, 0.717) is 18.4 Å². The highest BCUT2D eigenvalue weighted by atomic mass is 16.6. The van der Waals surface area contributed by atoms with Crippen molar-refractivity contribution < 1.29 is 43.2 Å². The van der Waals surface area contributed by atoms with Gasteiger partial charge in [0.15, 0.2) is 0 Å². The van der Waals surface area contributed by atoms with Gasteiger partial charge in [-0.2, -0.15) is 0 Å². The fourth-order valence-electron chi connectivity index (χ4n) is 7.47. The van der Waals surface area contributed by atoms with E-state index in [-0.39, 0.29) is 6.42 Å². The summed E-state index contributed by atoms with van der Waals surface area (Å²) in [7, 11) is 0. The molecule has 3 aliphatic carbocycles. The fourth-order valence-corrected chi connectivity index (χ4v) is 7.47. The van der Waals surface area contributed by atoms with Crippen LogP contribution in [-0.4, -0.2) is 59.5 Å². The molecule has 9 heteroatoms. The van der Waals surface area contributed by atoms with E-state index in [2.05, 4.69) is 6.58 Å². The number of esters is 4. The molecule has 0 unspecified atom stereocenters. The summed E-state index contributed by atoms with van der Waals surface area (Å²) in [6, 6.07) is 0. The van der Waals surface area contributed by atoms with Crippen molar-refractivity contribution in [1.82, 2.24) is 0 Å². The number of fused-ring (bicyclic) bond motifs is 3. The maximum atomic E-state index is 12.5. The number of hydrogen-bond donors (Lipinski definition) is 1. The van der Waals surface area contributed by atoms with Crippen LogP contribution in [0.2, 0.25) is 0 Å². The number of aliphatic hydroxyl groups excluding tert-OH is 1. The van der Waals surface area contributed by atoms with Gasteiger partial charge in [0.1, 0.15) is 24.4 Å². The molecule has 0 heterocycles. The number of ether oxygens (including phenoxy) is 4. The zero-order valence-electron chi connectivity index (χ0n) is 23.1. The molecule has 0 aromatic carbocycles. The van der Waals surface area contributed by atoms with Gasteiger partial charge < -0.3 is 24.1 Å². The molecule has 8 atom stereocenters. The summed E-state index contributed by atoms with van der Waals surface area (Å²) in [5.74, 6) is -3.12. The van der Waals surface area contributed by atoms with Crippen molar-refractivity contribution in [3.63, 3.8) is 0 Å². The number of carbonyl (C=O) groups excluding carboxylic acids is 4. The van der Waals surface area contributed by atoms with E-state index >= 15 is 0 Å². The molecular weight excluding hydrogens is 480 g/mol. The molecule has 0 saturated heterocycles. The minimum absolute atomic E-state index is 0.182. The molecule has 206 valence electrons. The normalized spacial score (nSPS) is 36.9. The van der Waals surface area contributed by atoms with Crippen LogP contribution >= 0.6 is 0 Å². The van der Waals surface area contributed by atoms with E-state index in [9.17, 15) is 24.3 Å². The van der Waals surface area contributed by atoms with Gasteiger partial charge in [-0.1, -0.05) is 32.9 Å². The molecule has 0 aromatic heterocycles. The van der Waals surface area contributed by atoms with Crippen molar-refractivity contribution in [2.45, 2.75) is 105 Å². The Morgan fingerprint density at radius 3 is 1.92 bits per heavy atom. The van der Waals surface area contributed by atoms with Crippen LogP contribution in [0.1, 0.15) is 74.7 Å². The molecule has 3 rings (SSSR count). The Balaban J connectivity index is 2.32. The second kappa shape index (κ2) is 10.2. The SMILES string of the molecule is C=C1[C@@H](OC(C)=O)[C@@H](O)C[C@@]2(C)C[C@H](OC(C)=O)C3=C(C)C[C@H](OC(C)=O)[C@@H]([C@@H](OC(C)=O)[C@H]12)C3(C)C. The Morgan fingerprint density at radius 2 is 1.41 bits per heavy atom. The molecule has 1 N–H and O–H groups in total. The maximum absolute atomic E-state index is 12.5. The summed E-state index contributed by atoms with van der Waals surface area (Å²) in [6.07, 6.45) is -3.24. The second-order valence-corrected chi connectivity index (χ2v) is 11.7. The summed E-state index contributed by atoms with van der Waals surface area (Å²) in [4.78, 5) is 48.9. The average Bonchev–Trinajstić information content (AvgIpc) is 2.67. The zero-order chi connectivity index (χ0) is 28.0. The van der Waals surface area contributed by atoms with Gasteiger partial charge >= 0.3 is 23.9 Å². The fraction of sp³-hybridized carbons (Fsp3) is 0.714. The average molecular weight is 521 g/mol. The molecule has 0 radical (unpaired) electrons. The van der Waals surface area contributed by atoms with Crippen molar-refractivity contribution in [3.05, 3.63) is 23.3 Å². The Hall–Kier alpha value is -2.68. The topological polar surface area (TPSA) is 125 Å². The Bertz CT molecular complexity index is 1020. The van der Waals surface area contributed by atoms with Crippen molar-refractivity contribution in [1.29, 1.82) is 0 Å². The monoisotopic (exact) mass is 520 g/mol. The van der Waals surface area contributed by atoms with Gasteiger partial charge in [0.25, 0.3) is 0 Å². The van der Waals surface area contributed by atoms with Crippen molar-refractivity contribution in [3.8, 4) is 0 Å². The number of rotatable bonds is 4. The first-order valence-electron chi connectivity index (χ1n) is 12.7. The van der Waals surface area contributed by atoms with Crippen LogP contribution < -0.4 is 0 Å². The summed E-state index contributed by atoms with van der Waals surface area (Å²) in [5.41, 5.74) is 0.755. The third-order valence-corrected chi connectivity index (χ3v) is 8.31. The predicted octanol–water partition coefficient (Wildman–Crippen LogP) is 3.42. The highest BCUT2D eigenvalue weighted by Gasteiger charge is 2.62. The Kier molecular flexibility index (Phi) is 7.99. The van der Waals surface area contributed by atoms with Crippen LogP contribution in [0, 0.1) is 22.7 Å². The van der Waals surface area contributed by atoms with Gasteiger partial charge in [0, 0.05) is 46.0 Å². The van der Waals surface area contributed by atoms with Crippen LogP contribution in [-0.2, 0) is 38.1 Å². The van der Waals surface area contributed by atoms with Crippen LogP contribution in [0.25, 0.3) is 0 Å². The van der Waals surface area contributed by atoms with Crippen LogP contribution in [0.15, 0.2) is 23.3 Å². The van der Waals surface area contributed by atoms with Gasteiger partial charge in [-0.15, -0.1) is 0 Å². The summed E-state index contributed by atoms with van der Waals surface area (Å²) in [6.45, 7) is 17.3. The van der Waals surface area contributed by atoms with E-state index in [1.165, 1.54) is 27.7 Å². The highest BCUT2D eigenvalue weighted by Crippen LogP contribution is 2.60. The van der Waals surface area contributed by atoms with Gasteiger partial charge in [-0.05, 0) is 41.7 Å². The lowest BCUT2D eigenvalue weighted by molar-refractivity contribution is -0.191. The summed E-state index contributed by atoms with van der Waals surface area (Å²) < 4.78 is 23.3. The van der Waals surface area contributed by atoms with Gasteiger partial charge in [0.05, 0.1) is 6.10 Å². The first-order chi connectivity index (χ1) is 17.0. The molecule has 2 fully saturated rings. The first-order valence-corrected chi connectivity index (χ1v) is 12.7. The molecule has 0 aromatic rings. The summed E-state index contributed by atoms with van der Waals surface area (Å²) >= 11 is 0. The lowest BCUT2D eigenvalue weighted by atomic mass is 9.49. The van der Waals surface area contributed by atoms with Crippen LogP contribution in [0.4, 0.5) is 0 Å². The predicted molar refractivity (Wildman–Crippen MR) is 133 cm³/mol. The number of aliphatic hydroxyl groups is 1. The number of carbonyl (C=O) groups is 4. The quantitative estimate of drug-likeness (QED) is 0.337. The smallest absolute Gasteiger partial charge is 0.303 e. The molecule has 0 aliphatic heterocycles. The van der Waals surface area contributed by atoms with Crippen LogP contribution in [0.5, 0.6) is 0 Å². The van der Waals surface area contributed by atoms with Crippen molar-refractivity contribution in [2.75, 3.05) is 0 Å². The molecule has 37 heavy (non-hydrogen) atoms. The highest BCUT2D eigenvalue weighted by molar-refractivity contribution is 5.68. The van der Waals surface area contributed by atoms with Crippen molar-refractivity contribution in [2.24, 2.45) is 22.7 Å². The van der Waals surface area contributed by atoms with Crippen molar-refractivity contribution >= 4 is 23.9 Å². The lowest BCUT2D eigenvalue weighted by Gasteiger charge is -2.59. The largest absolute Gasteiger partial charge is 0.462 e. The standard InChI is InChI=1S/C28H40O9/c1-13-10-20(34-15(3)29)24-26(37-18(6)32)23-14(2)25(36-17(5)31)19(33)11-28(23,9)12-21(35-16(4)30)22(13)27(24,7)8/h19-21,23-26,33H,2,10-12H2,1,3-9H3/t19-,20-,21-,23-,24-,25+,26-,28-/m0/s1. The van der Waals surface area contributed by atoms with E-state index in [0.717, 1.165) is 11.1 Å². The minimum Gasteiger partial charge on any atom is -0.462 e. The maximum Gasteiger partial charge on any atom is 0.303 e. The van der Waals surface area contributed by atoms with Crippen LogP contribution in [0.3, 0.4) is 0 Å². The minimum atomic E-state index is -1.06. The second-order valence-electron chi connectivity index (χ2n) is 11.7. The molecule has 2 saturated carbocycles. The van der Waals surface area contributed by atoms with Gasteiger partial charge in [-0.3, -0.25) is 19.2 Å². The third-order valence-electron chi connectivity index (χ3n) is 8.31. The molecule has 0 amide bonds. The lowest BCUT2D eigenvalue weighted by Crippen LogP contribution is -2.62. The number of hydrogen-bond acceptors (Lipinski definition) is 9. The Morgan fingerprint density at radius 1 is 0.865 bits per heavy atom. The van der Waals surface area contributed by atoms with E-state index < -0.39 is 77.1 Å². The summed E-state index contributed by atoms with van der Waals surface area (Å²) in [5, 5.41) is 11.1. The van der Waals surface area contributed by atoms with E-state index in [1.54, 1.807) is 0 Å².